The number of benzene rings is 1. The van der Waals surface area contributed by atoms with Crippen LogP contribution in [0.1, 0.15) is 35.0 Å². The minimum atomic E-state index is -4.83. The molecule has 0 radical (unpaired) electrons. The normalized spacial score (nSPS) is 17.0. The third-order valence-corrected chi connectivity index (χ3v) is 8.50. The maximum absolute atomic E-state index is 14.0. The van der Waals surface area contributed by atoms with Crippen LogP contribution < -0.4 is 20.7 Å². The van der Waals surface area contributed by atoms with Gasteiger partial charge in [0.2, 0.25) is 5.95 Å². The molecule has 1 aromatic carbocycles. The fourth-order valence-corrected chi connectivity index (χ4v) is 6.13. The summed E-state index contributed by atoms with van der Waals surface area (Å²) in [6.07, 6.45) is -2.25. The topological polar surface area (TPSA) is 167 Å². The van der Waals surface area contributed by atoms with Gasteiger partial charge in [-0.25, -0.2) is 9.97 Å². The molecule has 4 aliphatic rings. The molecule has 0 aliphatic carbocycles. The summed E-state index contributed by atoms with van der Waals surface area (Å²) in [7, 11) is -0.797. The van der Waals surface area contributed by atoms with Crippen molar-refractivity contribution in [3.05, 3.63) is 59.5 Å². The van der Waals surface area contributed by atoms with Gasteiger partial charge in [-0.3, -0.25) is 14.0 Å². The van der Waals surface area contributed by atoms with Gasteiger partial charge in [-0.1, -0.05) is 11.3 Å². The van der Waals surface area contributed by atoms with E-state index in [4.69, 9.17) is 13.8 Å². The molecule has 3 N–H and O–H groups in total. The second-order valence-electron chi connectivity index (χ2n) is 9.65. The number of hydrogen-bond acceptors (Lipinski definition) is 12. The Kier molecular flexibility index (Phi) is 9.32. The third-order valence-electron chi connectivity index (χ3n) is 6.52. The van der Waals surface area contributed by atoms with E-state index in [1.807, 2.05) is 0 Å². The van der Waals surface area contributed by atoms with Crippen LogP contribution in [-0.2, 0) is 32.5 Å². The number of rotatable bonds is 4. The highest BCUT2D eigenvalue weighted by molar-refractivity contribution is 7.53. The van der Waals surface area contributed by atoms with Crippen LogP contribution in [0.15, 0.2) is 42.7 Å². The Morgan fingerprint density at radius 2 is 1.96 bits per heavy atom. The molecule has 0 spiro atoms. The molecule has 238 valence electrons. The summed E-state index contributed by atoms with van der Waals surface area (Å²) in [5.41, 5.74) is 0.0446. The van der Waals surface area contributed by atoms with Crippen LogP contribution in [0.4, 0.5) is 36.3 Å². The number of carbonyl (C=O) groups excluding carboxylic acids is 1. The number of ether oxygens (including phenoxy) is 1. The summed E-state index contributed by atoms with van der Waals surface area (Å²) in [6, 6.07) is 7.71. The van der Waals surface area contributed by atoms with Gasteiger partial charge in [-0.2, -0.15) is 18.2 Å². The van der Waals surface area contributed by atoms with Crippen LogP contribution >= 0.6 is 7.60 Å². The zero-order chi connectivity index (χ0) is 32.2. The molecule has 8 rings (SSSR count). The first kappa shape index (κ1) is 31.8. The van der Waals surface area contributed by atoms with E-state index in [1.165, 1.54) is 31.0 Å². The molecule has 1 amide bonds. The predicted octanol–water partition coefficient (Wildman–Crippen LogP) is 5.15. The lowest BCUT2D eigenvalue weighted by molar-refractivity contribution is -0.137. The average molecular weight is 648 g/mol. The van der Waals surface area contributed by atoms with Gasteiger partial charge < -0.3 is 29.7 Å². The summed E-state index contributed by atoms with van der Waals surface area (Å²) in [6.45, 7) is 2.33. The summed E-state index contributed by atoms with van der Waals surface area (Å²) in [5, 5.41) is 16.1. The van der Waals surface area contributed by atoms with E-state index in [2.05, 4.69) is 41.2 Å². The molecule has 45 heavy (non-hydrogen) atoms. The molecule has 0 saturated heterocycles. The first-order valence-electron chi connectivity index (χ1n) is 13.7. The fourth-order valence-electron chi connectivity index (χ4n) is 4.43. The summed E-state index contributed by atoms with van der Waals surface area (Å²) < 4.78 is 73.9. The highest BCUT2D eigenvalue weighted by atomic mass is 31.2. The van der Waals surface area contributed by atoms with Crippen LogP contribution in [0.2, 0.25) is 0 Å². The van der Waals surface area contributed by atoms with Gasteiger partial charge in [0.15, 0.2) is 5.69 Å². The first-order chi connectivity index (χ1) is 21.5. The Bertz CT molecular complexity index is 1750. The van der Waals surface area contributed by atoms with Crippen LogP contribution in [0.5, 0.6) is 5.75 Å². The second-order valence-corrected chi connectivity index (χ2v) is 11.7. The van der Waals surface area contributed by atoms with Crippen molar-refractivity contribution >= 4 is 36.6 Å². The molecule has 1 atom stereocenters. The number of anilines is 4. The Balaban J connectivity index is 1.62. The number of halogens is 3. The van der Waals surface area contributed by atoms with E-state index in [9.17, 15) is 22.5 Å². The summed E-state index contributed by atoms with van der Waals surface area (Å²) in [5.74, 6) is -1.22. The monoisotopic (exact) mass is 647 g/mol. The standard InChI is InChI=1S/C27H29F3N9O5P/c1-4-43-45(41)15-16-6-7-19(22(12-16)42-3)35-26-32-13-17(27(28,29)30)24(36-26)34-20-9-8-18(33-23(20)25(40)31-2)21-14-39(38-37-21)10-5-11-44-45/h6-9,12-14H,4-5,10-11,15H2,1-3H3,(H,31,40)(H2,32,34,35,36)/t45-/m1/s1. The van der Waals surface area contributed by atoms with E-state index < -0.39 is 31.1 Å². The van der Waals surface area contributed by atoms with Crippen LogP contribution in [0.3, 0.4) is 0 Å². The van der Waals surface area contributed by atoms with Crippen molar-refractivity contribution in [3.63, 3.8) is 0 Å². The van der Waals surface area contributed by atoms with Crippen molar-refractivity contribution in [2.24, 2.45) is 0 Å². The molecule has 7 heterocycles. The Morgan fingerprint density at radius 1 is 1.16 bits per heavy atom. The van der Waals surface area contributed by atoms with Crippen molar-refractivity contribution < 1.29 is 36.3 Å². The number of nitrogens with one attached hydrogen (secondary N) is 3. The largest absolute Gasteiger partial charge is 0.495 e. The van der Waals surface area contributed by atoms with E-state index >= 15 is 0 Å². The van der Waals surface area contributed by atoms with Gasteiger partial charge in [0.25, 0.3) is 5.91 Å². The number of hydrogen-bond donors (Lipinski definition) is 3. The van der Waals surface area contributed by atoms with E-state index in [0.29, 0.717) is 36.1 Å². The number of carbonyl (C=O) groups is 1. The van der Waals surface area contributed by atoms with Gasteiger partial charge in [0.1, 0.15) is 22.8 Å². The fraction of sp³-hybridized carbons (Fsp3) is 0.333. The number of amides is 1. The van der Waals surface area contributed by atoms with Crippen molar-refractivity contribution in [3.8, 4) is 17.1 Å². The van der Waals surface area contributed by atoms with Gasteiger partial charge in [0, 0.05) is 19.8 Å². The number of pyridine rings is 1. The Morgan fingerprint density at radius 3 is 2.69 bits per heavy atom. The van der Waals surface area contributed by atoms with Gasteiger partial charge in [-0.15, -0.1) is 5.10 Å². The molecule has 4 aliphatic heterocycles. The molecular weight excluding hydrogens is 618 g/mol. The van der Waals surface area contributed by atoms with Crippen molar-refractivity contribution in [2.75, 3.05) is 38.0 Å². The molecule has 4 aromatic rings. The van der Waals surface area contributed by atoms with Crippen molar-refractivity contribution in [2.45, 2.75) is 32.2 Å². The van der Waals surface area contributed by atoms with Gasteiger partial charge in [0.05, 0.1) is 49.8 Å². The average Bonchev–Trinajstić information content (AvgIpc) is 3.48. The number of aromatic nitrogens is 6. The van der Waals surface area contributed by atoms with Crippen molar-refractivity contribution in [1.29, 1.82) is 0 Å². The molecule has 14 nitrogen and oxygen atoms in total. The van der Waals surface area contributed by atoms with E-state index in [-0.39, 0.29) is 48.1 Å². The lowest BCUT2D eigenvalue weighted by Gasteiger charge is -2.19. The minimum Gasteiger partial charge on any atom is -0.495 e. The number of nitrogens with zero attached hydrogens (tertiary/aromatic N) is 6. The van der Waals surface area contributed by atoms with E-state index in [1.54, 1.807) is 31.3 Å². The second kappa shape index (κ2) is 13.2. The van der Waals surface area contributed by atoms with Gasteiger partial charge >= 0.3 is 13.8 Å². The van der Waals surface area contributed by atoms with E-state index in [0.717, 1.165) is 0 Å². The number of aryl methyl sites for hydroxylation is 1. The molecule has 8 bridgehead atoms. The summed E-state index contributed by atoms with van der Waals surface area (Å²) >= 11 is 0. The highest BCUT2D eigenvalue weighted by Crippen LogP contribution is 2.52. The molecular formula is C27H29F3N9O5P. The zero-order valence-electron chi connectivity index (χ0n) is 24.4. The van der Waals surface area contributed by atoms with Gasteiger partial charge in [-0.05, 0) is 43.2 Å². The number of alkyl halides is 3. The lowest BCUT2D eigenvalue weighted by atomic mass is 10.2. The van der Waals surface area contributed by atoms with Crippen LogP contribution in [0.25, 0.3) is 11.4 Å². The molecule has 0 saturated carbocycles. The Labute approximate surface area is 255 Å². The maximum atomic E-state index is 14.0. The zero-order valence-corrected chi connectivity index (χ0v) is 25.3. The highest BCUT2D eigenvalue weighted by Gasteiger charge is 2.36. The predicted molar refractivity (Wildman–Crippen MR) is 157 cm³/mol. The Hall–Kier alpha value is -4.60. The first-order valence-corrected chi connectivity index (χ1v) is 15.4. The molecule has 0 unspecified atom stereocenters. The minimum absolute atomic E-state index is 0.0411. The molecule has 3 aromatic heterocycles. The lowest BCUT2D eigenvalue weighted by Crippen LogP contribution is -2.21. The summed E-state index contributed by atoms with van der Waals surface area (Å²) in [4.78, 5) is 25.1. The molecule has 18 heteroatoms. The third kappa shape index (κ3) is 7.38. The smallest absolute Gasteiger partial charge is 0.421 e. The molecule has 0 fully saturated rings. The maximum Gasteiger partial charge on any atom is 0.421 e. The van der Waals surface area contributed by atoms with Crippen LogP contribution in [-0.4, -0.2) is 63.2 Å². The van der Waals surface area contributed by atoms with Crippen LogP contribution in [0, 0.1) is 0 Å². The SMILES string of the molecule is CCO[P@]1(=O)Cc2ccc(c(OC)c2)Nc2ncc(C(F)(F)F)c(n2)Nc2ccc(nc2C(=O)NC)-c2cn(nn2)CCCO1. The quantitative estimate of drug-likeness (QED) is 0.250. The van der Waals surface area contributed by atoms with Crippen molar-refractivity contribution in [1.82, 2.24) is 35.3 Å². The number of methoxy groups -OCH3 is 1.